The van der Waals surface area contributed by atoms with Crippen molar-refractivity contribution >= 4 is 17.3 Å². The number of halogens is 1. The minimum atomic E-state index is 0.179. The largest absolute Gasteiger partial charge is 0.378 e. The summed E-state index contributed by atoms with van der Waals surface area (Å²) in [6, 6.07) is 14.1. The molecule has 2 aromatic carbocycles. The molecule has 1 atom stereocenters. The number of nitriles is 1. The molecule has 0 fully saturated rings. The van der Waals surface area contributed by atoms with Crippen LogP contribution in [0.1, 0.15) is 35.2 Å². The van der Waals surface area contributed by atoms with E-state index in [9.17, 15) is 0 Å². The van der Waals surface area contributed by atoms with Crippen molar-refractivity contribution in [3.8, 4) is 6.07 Å². The first-order chi connectivity index (χ1) is 9.51. The first kappa shape index (κ1) is 14.4. The van der Waals surface area contributed by atoms with Crippen LogP contribution >= 0.6 is 11.6 Å². The molecule has 102 valence electrons. The maximum absolute atomic E-state index is 8.87. The summed E-state index contributed by atoms with van der Waals surface area (Å²) < 4.78 is 0. The first-order valence-corrected chi connectivity index (χ1v) is 6.92. The number of aryl methyl sites for hydroxylation is 2. The number of benzene rings is 2. The molecule has 0 saturated carbocycles. The van der Waals surface area contributed by atoms with Crippen LogP contribution in [0.4, 0.5) is 5.69 Å². The Bertz CT molecular complexity index is 671. The number of nitrogens with zero attached hydrogens (tertiary/aromatic N) is 1. The van der Waals surface area contributed by atoms with Crippen molar-refractivity contribution in [1.82, 2.24) is 0 Å². The van der Waals surface area contributed by atoms with E-state index in [2.05, 4.69) is 50.4 Å². The molecule has 0 amide bonds. The summed E-state index contributed by atoms with van der Waals surface area (Å²) in [5.41, 5.74) is 5.22. The fourth-order valence-corrected chi connectivity index (χ4v) is 2.29. The van der Waals surface area contributed by atoms with E-state index in [0.717, 1.165) is 5.69 Å². The van der Waals surface area contributed by atoms with Gasteiger partial charge in [-0.3, -0.25) is 0 Å². The molecule has 2 aromatic rings. The number of nitrogens with one attached hydrogen (secondary N) is 1. The molecule has 2 rings (SSSR count). The van der Waals surface area contributed by atoms with Gasteiger partial charge >= 0.3 is 0 Å². The van der Waals surface area contributed by atoms with Gasteiger partial charge in [0, 0.05) is 11.7 Å². The van der Waals surface area contributed by atoms with Gasteiger partial charge in [-0.2, -0.15) is 5.26 Å². The molecule has 20 heavy (non-hydrogen) atoms. The van der Waals surface area contributed by atoms with Gasteiger partial charge in [-0.15, -0.1) is 0 Å². The lowest BCUT2D eigenvalue weighted by molar-refractivity contribution is 0.881. The van der Waals surface area contributed by atoms with Gasteiger partial charge in [0.25, 0.3) is 0 Å². The minimum Gasteiger partial charge on any atom is -0.378 e. The molecule has 0 saturated heterocycles. The molecule has 1 N–H and O–H groups in total. The predicted octanol–water partition coefficient (Wildman–Crippen LogP) is 5.00. The van der Waals surface area contributed by atoms with E-state index in [4.69, 9.17) is 16.9 Å². The predicted molar refractivity (Wildman–Crippen MR) is 84.1 cm³/mol. The highest BCUT2D eigenvalue weighted by molar-refractivity contribution is 6.32. The summed E-state index contributed by atoms with van der Waals surface area (Å²) in [6.45, 7) is 6.33. The van der Waals surface area contributed by atoms with Crippen LogP contribution < -0.4 is 5.32 Å². The smallest absolute Gasteiger partial charge is 0.101 e. The van der Waals surface area contributed by atoms with Crippen LogP contribution in [-0.4, -0.2) is 0 Å². The molecule has 0 aliphatic rings. The average molecular weight is 285 g/mol. The Kier molecular flexibility index (Phi) is 4.32. The van der Waals surface area contributed by atoms with E-state index < -0.39 is 0 Å². The Morgan fingerprint density at radius 1 is 1.10 bits per heavy atom. The highest BCUT2D eigenvalue weighted by atomic mass is 35.5. The third kappa shape index (κ3) is 3.12. The highest BCUT2D eigenvalue weighted by Crippen LogP contribution is 2.25. The van der Waals surface area contributed by atoms with Crippen LogP contribution in [0.25, 0.3) is 0 Å². The van der Waals surface area contributed by atoms with Crippen LogP contribution in [-0.2, 0) is 0 Å². The number of rotatable bonds is 3. The summed E-state index contributed by atoms with van der Waals surface area (Å²) in [7, 11) is 0. The van der Waals surface area contributed by atoms with Crippen LogP contribution in [0.3, 0.4) is 0 Å². The van der Waals surface area contributed by atoms with Gasteiger partial charge in [-0.05, 0) is 55.7 Å². The summed E-state index contributed by atoms with van der Waals surface area (Å²) in [5.74, 6) is 0. The lowest BCUT2D eigenvalue weighted by atomic mass is 10.0. The number of hydrogen-bond donors (Lipinski definition) is 1. The monoisotopic (exact) mass is 284 g/mol. The third-order valence-corrected chi connectivity index (χ3v) is 3.82. The molecule has 0 heterocycles. The maximum Gasteiger partial charge on any atom is 0.101 e. The third-order valence-electron chi connectivity index (χ3n) is 3.50. The Labute approximate surface area is 125 Å². The quantitative estimate of drug-likeness (QED) is 0.861. The standard InChI is InChI=1S/C17H17ClN2/c1-11-4-5-14(8-12(11)2)13(3)20-16-7-6-15(10-19)17(18)9-16/h4-9,13,20H,1-3H3. The molecule has 0 bridgehead atoms. The minimum absolute atomic E-state index is 0.179. The summed E-state index contributed by atoms with van der Waals surface area (Å²) in [5, 5.41) is 12.8. The van der Waals surface area contributed by atoms with Crippen LogP contribution in [0.2, 0.25) is 5.02 Å². The van der Waals surface area contributed by atoms with Crippen LogP contribution in [0, 0.1) is 25.2 Å². The molecular formula is C17H17ClN2. The molecule has 0 aromatic heterocycles. The van der Waals surface area contributed by atoms with Crippen LogP contribution in [0.15, 0.2) is 36.4 Å². The first-order valence-electron chi connectivity index (χ1n) is 6.54. The molecule has 3 heteroatoms. The zero-order valence-corrected chi connectivity index (χ0v) is 12.6. The normalized spacial score (nSPS) is 11.8. The second-order valence-electron chi connectivity index (χ2n) is 5.02. The topological polar surface area (TPSA) is 35.8 Å². The van der Waals surface area contributed by atoms with E-state index in [-0.39, 0.29) is 6.04 Å². The lowest BCUT2D eigenvalue weighted by Gasteiger charge is -2.17. The van der Waals surface area contributed by atoms with Crippen molar-refractivity contribution in [2.75, 3.05) is 5.32 Å². The van der Waals surface area contributed by atoms with Gasteiger partial charge in [0.2, 0.25) is 0 Å². The second kappa shape index (κ2) is 5.98. The van der Waals surface area contributed by atoms with Gasteiger partial charge in [0.15, 0.2) is 0 Å². The highest BCUT2D eigenvalue weighted by Gasteiger charge is 2.08. The van der Waals surface area contributed by atoms with E-state index in [1.54, 1.807) is 12.1 Å². The van der Waals surface area contributed by atoms with Crippen molar-refractivity contribution in [2.45, 2.75) is 26.8 Å². The van der Waals surface area contributed by atoms with Crippen LogP contribution in [0.5, 0.6) is 0 Å². The van der Waals surface area contributed by atoms with E-state index >= 15 is 0 Å². The molecule has 0 aliphatic carbocycles. The Morgan fingerprint density at radius 3 is 2.45 bits per heavy atom. The van der Waals surface area contributed by atoms with Crippen molar-refractivity contribution in [3.05, 3.63) is 63.7 Å². The summed E-state index contributed by atoms with van der Waals surface area (Å²) in [6.07, 6.45) is 0. The van der Waals surface area contributed by atoms with Gasteiger partial charge in [0.1, 0.15) is 6.07 Å². The van der Waals surface area contributed by atoms with Gasteiger partial charge < -0.3 is 5.32 Å². The molecule has 2 nitrogen and oxygen atoms in total. The van der Waals surface area contributed by atoms with E-state index in [0.29, 0.717) is 10.6 Å². The SMILES string of the molecule is Cc1ccc(C(C)Nc2ccc(C#N)c(Cl)c2)cc1C. The van der Waals surface area contributed by atoms with E-state index in [1.807, 2.05) is 6.07 Å². The zero-order chi connectivity index (χ0) is 14.7. The molecular weight excluding hydrogens is 268 g/mol. The molecule has 0 radical (unpaired) electrons. The number of hydrogen-bond acceptors (Lipinski definition) is 2. The van der Waals surface area contributed by atoms with Crippen molar-refractivity contribution in [1.29, 1.82) is 5.26 Å². The molecule has 0 aliphatic heterocycles. The zero-order valence-electron chi connectivity index (χ0n) is 11.9. The second-order valence-corrected chi connectivity index (χ2v) is 5.42. The van der Waals surface area contributed by atoms with Gasteiger partial charge in [0.05, 0.1) is 10.6 Å². The number of anilines is 1. The fraction of sp³-hybridized carbons (Fsp3) is 0.235. The average Bonchev–Trinajstić information content (AvgIpc) is 2.42. The van der Waals surface area contributed by atoms with Gasteiger partial charge in [-0.25, -0.2) is 0 Å². The summed E-state index contributed by atoms with van der Waals surface area (Å²) in [4.78, 5) is 0. The summed E-state index contributed by atoms with van der Waals surface area (Å²) >= 11 is 6.04. The fourth-order valence-electron chi connectivity index (χ4n) is 2.06. The molecule has 0 spiro atoms. The van der Waals surface area contributed by atoms with Crippen molar-refractivity contribution in [2.24, 2.45) is 0 Å². The van der Waals surface area contributed by atoms with Gasteiger partial charge in [-0.1, -0.05) is 29.8 Å². The van der Waals surface area contributed by atoms with Crippen molar-refractivity contribution in [3.63, 3.8) is 0 Å². The molecule has 1 unspecified atom stereocenters. The van der Waals surface area contributed by atoms with Crippen molar-refractivity contribution < 1.29 is 0 Å². The Balaban J connectivity index is 2.19. The Morgan fingerprint density at radius 2 is 1.85 bits per heavy atom. The Hall–Kier alpha value is -1.98. The van der Waals surface area contributed by atoms with E-state index in [1.165, 1.54) is 16.7 Å². The lowest BCUT2D eigenvalue weighted by Crippen LogP contribution is -2.07. The maximum atomic E-state index is 8.87.